The van der Waals surface area contributed by atoms with E-state index >= 15 is 0 Å². The minimum atomic E-state index is -3.36. The van der Waals surface area contributed by atoms with Crippen LogP contribution in [0.4, 0.5) is 5.69 Å². The Bertz CT molecular complexity index is 1440. The smallest absolute Gasteiger partial charge is 0.255 e. The third kappa shape index (κ3) is 7.50. The van der Waals surface area contributed by atoms with Gasteiger partial charge in [0.05, 0.1) is 26.6 Å². The van der Waals surface area contributed by atoms with E-state index in [9.17, 15) is 13.2 Å². The molecule has 1 atom stereocenters. The molecule has 0 aliphatic carbocycles. The number of aromatic nitrogens is 1. The van der Waals surface area contributed by atoms with Crippen molar-refractivity contribution in [3.63, 3.8) is 0 Å². The predicted molar refractivity (Wildman–Crippen MR) is 156 cm³/mol. The quantitative estimate of drug-likeness (QED) is 0.408. The first-order valence-electron chi connectivity index (χ1n) is 13.2. The van der Waals surface area contributed by atoms with Crippen LogP contribution in [0.3, 0.4) is 0 Å². The van der Waals surface area contributed by atoms with Gasteiger partial charge in [-0.05, 0) is 64.9 Å². The van der Waals surface area contributed by atoms with Gasteiger partial charge in [0.25, 0.3) is 5.56 Å². The molecule has 1 aromatic heterocycles. The zero-order valence-corrected chi connectivity index (χ0v) is 24.2. The lowest BCUT2D eigenvalue weighted by molar-refractivity contribution is 0.0350. The van der Waals surface area contributed by atoms with E-state index in [1.54, 1.807) is 25.4 Å². The fourth-order valence-electron chi connectivity index (χ4n) is 5.13. The van der Waals surface area contributed by atoms with Crippen LogP contribution >= 0.6 is 0 Å². The van der Waals surface area contributed by atoms with E-state index in [1.165, 1.54) is 0 Å². The Labute approximate surface area is 231 Å². The summed E-state index contributed by atoms with van der Waals surface area (Å²) in [5, 5.41) is 0. The summed E-state index contributed by atoms with van der Waals surface area (Å²) in [5.74, 6) is 0.933. The Hall–Kier alpha value is -3.14. The molecule has 4 rings (SSSR count). The van der Waals surface area contributed by atoms with Crippen LogP contribution in [-0.2, 0) is 26.6 Å². The molecule has 2 N–H and O–H groups in total. The zero-order valence-electron chi connectivity index (χ0n) is 23.4. The number of hydrogen-bond donors (Lipinski definition) is 2. The third-order valence-corrected chi connectivity index (χ3v) is 7.65. The van der Waals surface area contributed by atoms with Crippen molar-refractivity contribution >= 4 is 15.7 Å². The average Bonchev–Trinajstić information content (AvgIpc) is 2.88. The van der Waals surface area contributed by atoms with Crippen molar-refractivity contribution in [3.05, 3.63) is 81.8 Å². The summed E-state index contributed by atoms with van der Waals surface area (Å²) < 4.78 is 37.6. The SMILES string of the molecule is COc1c(CC(CN2CCOCC2)c2ccc(NS(C)(=O)=O)cc2)cc(-c2ccc[nH]c2=O)cc1C(C)(C)C. The molecule has 1 fully saturated rings. The molecule has 1 saturated heterocycles. The van der Waals surface area contributed by atoms with Gasteiger partial charge < -0.3 is 14.5 Å². The highest BCUT2D eigenvalue weighted by Gasteiger charge is 2.26. The molecule has 1 aliphatic heterocycles. The van der Waals surface area contributed by atoms with E-state index in [2.05, 4.69) is 47.5 Å². The fraction of sp³-hybridized carbons (Fsp3) is 0.433. The van der Waals surface area contributed by atoms with E-state index in [0.717, 1.165) is 53.9 Å². The molecule has 9 heteroatoms. The van der Waals surface area contributed by atoms with E-state index in [4.69, 9.17) is 9.47 Å². The van der Waals surface area contributed by atoms with Gasteiger partial charge in [-0.15, -0.1) is 0 Å². The van der Waals surface area contributed by atoms with Crippen LogP contribution in [0.25, 0.3) is 11.1 Å². The number of H-pyrrole nitrogens is 1. The lowest BCUT2D eigenvalue weighted by Crippen LogP contribution is -2.39. The summed E-state index contributed by atoms with van der Waals surface area (Å²) in [6.45, 7) is 10.4. The maximum atomic E-state index is 12.7. The molecular formula is C30H39N3O5S. The van der Waals surface area contributed by atoms with E-state index in [1.807, 2.05) is 24.3 Å². The van der Waals surface area contributed by atoms with Crippen LogP contribution in [0, 0.1) is 0 Å². The van der Waals surface area contributed by atoms with Gasteiger partial charge in [0.1, 0.15) is 5.75 Å². The minimum Gasteiger partial charge on any atom is -0.496 e. The number of morpholine rings is 1. The third-order valence-electron chi connectivity index (χ3n) is 7.04. The molecule has 0 radical (unpaired) electrons. The lowest BCUT2D eigenvalue weighted by atomic mass is 9.81. The molecular weight excluding hydrogens is 514 g/mol. The van der Waals surface area contributed by atoms with Crippen LogP contribution in [0.2, 0.25) is 0 Å². The Kier molecular flexibility index (Phi) is 8.83. The second-order valence-electron chi connectivity index (χ2n) is 11.2. The van der Waals surface area contributed by atoms with Crippen molar-refractivity contribution in [1.29, 1.82) is 0 Å². The van der Waals surface area contributed by atoms with Gasteiger partial charge in [-0.25, -0.2) is 8.42 Å². The molecule has 0 saturated carbocycles. The molecule has 1 aliphatic rings. The number of aromatic amines is 1. The summed E-state index contributed by atoms with van der Waals surface area (Å²) in [7, 11) is -1.66. The largest absolute Gasteiger partial charge is 0.496 e. The van der Waals surface area contributed by atoms with Gasteiger partial charge in [-0.2, -0.15) is 0 Å². The highest BCUT2D eigenvalue weighted by molar-refractivity contribution is 7.92. The summed E-state index contributed by atoms with van der Waals surface area (Å²) >= 11 is 0. The number of methoxy groups -OCH3 is 1. The number of nitrogens with zero attached hydrogens (tertiary/aromatic N) is 1. The number of nitrogens with one attached hydrogen (secondary N) is 2. The van der Waals surface area contributed by atoms with Crippen molar-refractivity contribution < 1.29 is 17.9 Å². The first-order chi connectivity index (χ1) is 18.4. The second-order valence-corrected chi connectivity index (χ2v) is 12.9. The first-order valence-corrected chi connectivity index (χ1v) is 15.1. The maximum absolute atomic E-state index is 12.7. The number of hydrogen-bond acceptors (Lipinski definition) is 6. The van der Waals surface area contributed by atoms with Gasteiger partial charge in [-0.1, -0.05) is 32.9 Å². The highest BCUT2D eigenvalue weighted by Crippen LogP contribution is 2.39. The van der Waals surface area contributed by atoms with Crippen molar-refractivity contribution in [3.8, 4) is 16.9 Å². The number of rotatable bonds is 9. The molecule has 0 spiro atoms. The van der Waals surface area contributed by atoms with Gasteiger partial charge in [-0.3, -0.25) is 14.4 Å². The average molecular weight is 554 g/mol. The molecule has 2 heterocycles. The summed E-state index contributed by atoms with van der Waals surface area (Å²) in [5.41, 5.74) is 4.83. The lowest BCUT2D eigenvalue weighted by Gasteiger charge is -2.32. The van der Waals surface area contributed by atoms with Gasteiger partial charge in [0, 0.05) is 48.6 Å². The molecule has 39 heavy (non-hydrogen) atoms. The van der Waals surface area contributed by atoms with Crippen molar-refractivity contribution in [2.24, 2.45) is 0 Å². The van der Waals surface area contributed by atoms with Crippen molar-refractivity contribution in [2.45, 2.75) is 38.5 Å². The zero-order chi connectivity index (χ0) is 28.2. The molecule has 0 bridgehead atoms. The number of anilines is 1. The Morgan fingerprint density at radius 1 is 1.10 bits per heavy atom. The second kappa shape index (κ2) is 11.9. The normalized spacial score (nSPS) is 15.6. The van der Waals surface area contributed by atoms with Crippen LogP contribution in [-0.4, -0.2) is 64.5 Å². The summed E-state index contributed by atoms with van der Waals surface area (Å²) in [4.78, 5) is 17.9. The Morgan fingerprint density at radius 2 is 1.79 bits per heavy atom. The molecule has 1 unspecified atom stereocenters. The first kappa shape index (κ1) is 28.9. The molecule has 2 aromatic carbocycles. The molecule has 0 amide bonds. The van der Waals surface area contributed by atoms with Crippen molar-refractivity contribution in [2.75, 3.05) is 50.9 Å². The van der Waals surface area contributed by atoms with Crippen molar-refractivity contribution in [1.82, 2.24) is 9.88 Å². The van der Waals surface area contributed by atoms with Crippen LogP contribution in [0.15, 0.2) is 59.5 Å². The highest BCUT2D eigenvalue weighted by atomic mass is 32.2. The van der Waals surface area contributed by atoms with Crippen LogP contribution in [0.5, 0.6) is 5.75 Å². The van der Waals surface area contributed by atoms with Gasteiger partial charge in [0.2, 0.25) is 10.0 Å². The maximum Gasteiger partial charge on any atom is 0.255 e. The Balaban J connectivity index is 1.79. The van der Waals surface area contributed by atoms with Gasteiger partial charge in [0.15, 0.2) is 0 Å². The summed E-state index contributed by atoms with van der Waals surface area (Å²) in [6, 6.07) is 15.4. The van der Waals surface area contributed by atoms with Crippen LogP contribution < -0.4 is 15.0 Å². The summed E-state index contributed by atoms with van der Waals surface area (Å²) in [6.07, 6.45) is 3.47. The standard InChI is InChI=1S/C30H39N3O5S/c1-30(2,3)27-19-22(26-7-6-12-31-29(26)34)17-23(28(27)37-4)18-24(20-33-13-15-38-16-14-33)21-8-10-25(11-9-21)32-39(5,35)36/h6-12,17,19,24,32H,13-16,18,20H2,1-5H3,(H,31,34). The number of sulfonamides is 1. The molecule has 3 aromatic rings. The minimum absolute atomic E-state index is 0.0985. The van der Waals surface area contributed by atoms with E-state index < -0.39 is 10.0 Å². The van der Waals surface area contributed by atoms with E-state index in [0.29, 0.717) is 30.9 Å². The molecule has 8 nitrogen and oxygen atoms in total. The van der Waals surface area contributed by atoms with Crippen LogP contribution in [0.1, 0.15) is 43.4 Å². The number of benzene rings is 2. The number of ether oxygens (including phenoxy) is 2. The Morgan fingerprint density at radius 3 is 2.38 bits per heavy atom. The fourth-order valence-corrected chi connectivity index (χ4v) is 5.69. The van der Waals surface area contributed by atoms with E-state index in [-0.39, 0.29) is 16.9 Å². The monoisotopic (exact) mass is 553 g/mol. The van der Waals surface area contributed by atoms with Gasteiger partial charge >= 0.3 is 0 Å². The molecule has 210 valence electrons. The predicted octanol–water partition coefficient (Wildman–Crippen LogP) is 4.38. The topological polar surface area (TPSA) is 101 Å². The number of pyridine rings is 1.